The number of hydrogen-bond donors (Lipinski definition) is 0. The van der Waals surface area contributed by atoms with Crippen molar-refractivity contribution in [2.45, 2.75) is 75.7 Å². The lowest BCUT2D eigenvalue weighted by Gasteiger charge is -2.23. The highest BCUT2D eigenvalue weighted by molar-refractivity contribution is 6.04. The Morgan fingerprint density at radius 3 is 1.52 bits per heavy atom. The number of unbranched alkanes of at least 4 members (excludes halogenated alkanes) is 5. The van der Waals surface area contributed by atoms with Crippen LogP contribution in [0.5, 0.6) is 11.5 Å². The lowest BCUT2D eigenvalue weighted by Crippen LogP contribution is -2.40. The normalized spacial score (nSPS) is 23.6. The van der Waals surface area contributed by atoms with Gasteiger partial charge in [0, 0.05) is 50.9 Å². The van der Waals surface area contributed by atoms with E-state index in [0.29, 0.717) is 60.3 Å². The van der Waals surface area contributed by atoms with Gasteiger partial charge < -0.3 is 28.7 Å². The van der Waals surface area contributed by atoms with Crippen molar-refractivity contribution in [3.8, 4) is 11.5 Å². The van der Waals surface area contributed by atoms with Crippen molar-refractivity contribution in [2.75, 3.05) is 40.5 Å². The molecule has 2 aromatic carbocycles. The molecule has 4 atom stereocenters. The Morgan fingerprint density at radius 1 is 0.659 bits per heavy atom. The number of hydrogen-bond acceptors (Lipinski definition) is 8. The number of methoxy groups -OCH3 is 2. The van der Waals surface area contributed by atoms with E-state index in [0.717, 1.165) is 51.4 Å². The molecule has 2 fully saturated rings. The Bertz CT molecular complexity index is 1300. The second-order valence-electron chi connectivity index (χ2n) is 11.8. The fraction of sp³-hybridized carbons (Fsp3) is 0.529. The van der Waals surface area contributed by atoms with E-state index in [4.69, 9.17) is 18.9 Å². The van der Waals surface area contributed by atoms with Gasteiger partial charge in [-0.2, -0.15) is 0 Å². The molecule has 2 unspecified atom stereocenters. The van der Waals surface area contributed by atoms with Crippen molar-refractivity contribution in [3.05, 3.63) is 47.5 Å². The Kier molecular flexibility index (Phi) is 9.57. The number of benzene rings is 2. The molecule has 10 nitrogen and oxygen atoms in total. The van der Waals surface area contributed by atoms with Crippen LogP contribution in [0.25, 0.3) is 0 Å². The minimum Gasteiger partial charge on any atom is -0.497 e. The van der Waals surface area contributed by atoms with E-state index in [9.17, 15) is 9.59 Å². The quantitative estimate of drug-likeness (QED) is 0.286. The van der Waals surface area contributed by atoms with Gasteiger partial charge in [-0.15, -0.1) is 0 Å². The van der Waals surface area contributed by atoms with Gasteiger partial charge in [-0.05, 0) is 49.9 Å². The van der Waals surface area contributed by atoms with Gasteiger partial charge in [-0.3, -0.25) is 19.6 Å². The summed E-state index contributed by atoms with van der Waals surface area (Å²) in [5, 5.41) is 0. The maximum absolute atomic E-state index is 13.1. The summed E-state index contributed by atoms with van der Waals surface area (Å²) in [5.41, 5.74) is 2.53. The van der Waals surface area contributed by atoms with E-state index in [-0.39, 0.29) is 36.1 Å². The fourth-order valence-electron chi connectivity index (χ4n) is 6.62. The van der Waals surface area contributed by atoms with E-state index in [1.54, 1.807) is 38.5 Å². The van der Waals surface area contributed by atoms with Crippen LogP contribution in [-0.4, -0.2) is 98.9 Å². The molecule has 0 aliphatic carbocycles. The Hall–Kier alpha value is -3.76. The van der Waals surface area contributed by atoms with Crippen molar-refractivity contribution in [2.24, 2.45) is 9.98 Å². The fourth-order valence-corrected chi connectivity index (χ4v) is 6.62. The highest BCUT2D eigenvalue weighted by Crippen LogP contribution is 2.34. The number of carbonyl (C=O) groups is 2. The molecule has 0 radical (unpaired) electrons. The summed E-state index contributed by atoms with van der Waals surface area (Å²) in [5.74, 6) is 1.40. The summed E-state index contributed by atoms with van der Waals surface area (Å²) < 4.78 is 23.1. The number of nitrogens with zero attached hydrogens (tertiary/aromatic N) is 4. The van der Waals surface area contributed by atoms with Gasteiger partial charge in [0.25, 0.3) is 11.8 Å². The molecule has 4 heterocycles. The molecular formula is C34H42N4O6. The number of carbonyl (C=O) groups excluding carboxylic acids is 2. The first-order valence-corrected chi connectivity index (χ1v) is 15.9. The third-order valence-corrected chi connectivity index (χ3v) is 9.12. The number of ether oxygens (including phenoxy) is 4. The highest BCUT2D eigenvalue weighted by atomic mass is 16.5. The molecule has 0 N–H and O–H groups in total. The maximum Gasteiger partial charge on any atom is 0.256 e. The standard InChI is InChI=1S/C34H42N4O6/c1-41-23-9-11-25-27(19-23)35-21-29-31(13-15-37(29)33(25)39)43-17-7-5-3-4-6-8-18-44-32-14-16-38-30(32)22-36-28-20-24(42-2)10-12-26(28)34(38)40/h9-12,19-22,29-32H,3-8,13-18H2,1-2H3/t29-,30-,31?,32?/m1/s1. The SMILES string of the molecule is COc1ccc2c(c1)N=C[C@@H]1C(OCCCCCCCCOC3CCN4C(=O)c5ccc(OC)cc5N=C[C@H]34)CCN1C2=O. The van der Waals surface area contributed by atoms with Gasteiger partial charge in [-0.25, -0.2) is 0 Å². The summed E-state index contributed by atoms with van der Waals surface area (Å²) in [6.45, 7) is 2.74. The molecular weight excluding hydrogens is 560 g/mol. The smallest absolute Gasteiger partial charge is 0.256 e. The molecule has 0 bridgehead atoms. The predicted octanol–water partition coefficient (Wildman–Crippen LogP) is 5.38. The van der Waals surface area contributed by atoms with Crippen LogP contribution in [0, 0.1) is 0 Å². The van der Waals surface area contributed by atoms with Crippen LogP contribution < -0.4 is 9.47 Å². The van der Waals surface area contributed by atoms with Crippen molar-refractivity contribution >= 4 is 35.6 Å². The van der Waals surface area contributed by atoms with Gasteiger partial charge in [0.15, 0.2) is 0 Å². The molecule has 6 rings (SSSR count). The Balaban J connectivity index is 0.858. The predicted molar refractivity (Wildman–Crippen MR) is 168 cm³/mol. The van der Waals surface area contributed by atoms with Gasteiger partial charge in [0.05, 0.1) is 61.0 Å². The molecule has 2 saturated heterocycles. The molecule has 44 heavy (non-hydrogen) atoms. The Labute approximate surface area is 259 Å². The zero-order valence-electron chi connectivity index (χ0n) is 25.7. The lowest BCUT2D eigenvalue weighted by molar-refractivity contribution is 0.0392. The van der Waals surface area contributed by atoms with Gasteiger partial charge >= 0.3 is 0 Å². The highest BCUT2D eigenvalue weighted by Gasteiger charge is 2.40. The average molecular weight is 603 g/mol. The minimum absolute atomic E-state index is 0.00737. The van der Waals surface area contributed by atoms with Crippen LogP contribution in [0.3, 0.4) is 0 Å². The number of aliphatic imine (C=N–C) groups is 2. The zero-order valence-corrected chi connectivity index (χ0v) is 25.7. The van der Waals surface area contributed by atoms with E-state index < -0.39 is 0 Å². The van der Waals surface area contributed by atoms with E-state index >= 15 is 0 Å². The monoisotopic (exact) mass is 602 g/mol. The first kappa shape index (κ1) is 30.3. The van der Waals surface area contributed by atoms with Crippen LogP contribution in [-0.2, 0) is 9.47 Å². The van der Waals surface area contributed by atoms with Crippen LogP contribution in [0.1, 0.15) is 72.1 Å². The number of fused-ring (bicyclic) bond motifs is 4. The van der Waals surface area contributed by atoms with E-state index in [1.807, 2.05) is 34.4 Å². The van der Waals surface area contributed by atoms with Gasteiger partial charge in [-0.1, -0.05) is 25.7 Å². The van der Waals surface area contributed by atoms with Crippen LogP contribution >= 0.6 is 0 Å². The largest absolute Gasteiger partial charge is 0.497 e. The van der Waals surface area contributed by atoms with Crippen molar-refractivity contribution in [1.29, 1.82) is 0 Å². The second kappa shape index (κ2) is 13.9. The summed E-state index contributed by atoms with van der Waals surface area (Å²) in [7, 11) is 3.22. The Morgan fingerprint density at radius 2 is 1.09 bits per heavy atom. The number of rotatable bonds is 13. The first-order valence-electron chi connectivity index (χ1n) is 15.9. The van der Waals surface area contributed by atoms with Crippen LogP contribution in [0.2, 0.25) is 0 Å². The summed E-state index contributed by atoms with van der Waals surface area (Å²) in [4.78, 5) is 39.2. The molecule has 2 amide bonds. The molecule has 0 aromatic heterocycles. The number of amides is 2. The second-order valence-corrected chi connectivity index (χ2v) is 11.8. The summed E-state index contributed by atoms with van der Waals surface area (Å²) in [6, 6.07) is 10.6. The average Bonchev–Trinajstić information content (AvgIpc) is 3.58. The summed E-state index contributed by atoms with van der Waals surface area (Å²) in [6.07, 6.45) is 11.9. The van der Waals surface area contributed by atoms with Crippen LogP contribution in [0.15, 0.2) is 46.4 Å². The zero-order chi connectivity index (χ0) is 30.5. The molecule has 4 aliphatic rings. The molecule has 234 valence electrons. The van der Waals surface area contributed by atoms with Crippen molar-refractivity contribution in [3.63, 3.8) is 0 Å². The van der Waals surface area contributed by atoms with Gasteiger partial charge in [0.2, 0.25) is 0 Å². The molecule has 10 heteroatoms. The molecule has 0 spiro atoms. The molecule has 2 aromatic rings. The maximum atomic E-state index is 13.1. The summed E-state index contributed by atoms with van der Waals surface area (Å²) >= 11 is 0. The third kappa shape index (κ3) is 6.37. The minimum atomic E-state index is -0.131. The lowest BCUT2D eigenvalue weighted by atomic mass is 10.1. The molecule has 4 aliphatic heterocycles. The molecule has 0 saturated carbocycles. The topological polar surface area (TPSA) is 102 Å². The van der Waals surface area contributed by atoms with Crippen molar-refractivity contribution in [1.82, 2.24) is 9.80 Å². The van der Waals surface area contributed by atoms with Gasteiger partial charge in [0.1, 0.15) is 11.5 Å². The van der Waals surface area contributed by atoms with E-state index in [1.165, 1.54) is 0 Å². The van der Waals surface area contributed by atoms with Crippen LogP contribution in [0.4, 0.5) is 11.4 Å². The van der Waals surface area contributed by atoms with Crippen molar-refractivity contribution < 1.29 is 28.5 Å². The van der Waals surface area contributed by atoms with E-state index in [2.05, 4.69) is 9.98 Å². The first-order chi connectivity index (χ1) is 21.6. The third-order valence-electron chi connectivity index (χ3n) is 9.12.